The molecule has 1 atom stereocenters. The van der Waals surface area contributed by atoms with Crippen molar-refractivity contribution in [3.05, 3.63) is 23.9 Å². The third-order valence-electron chi connectivity index (χ3n) is 3.04. The number of nitrogens with zero attached hydrogens (tertiary/aromatic N) is 1. The van der Waals surface area contributed by atoms with Crippen molar-refractivity contribution in [3.63, 3.8) is 0 Å². The number of hydrogen-bond donors (Lipinski definition) is 1. The maximum absolute atomic E-state index is 5.82. The molecule has 0 saturated heterocycles. The molecular formula is C15H26N2O. The Balaban J connectivity index is 2.22. The molecule has 0 amide bonds. The van der Waals surface area contributed by atoms with Gasteiger partial charge < -0.3 is 10.1 Å². The van der Waals surface area contributed by atoms with Crippen molar-refractivity contribution in [2.75, 3.05) is 12.4 Å². The van der Waals surface area contributed by atoms with Crippen LogP contribution in [0.25, 0.3) is 0 Å². The SMILES string of the molecule is CCCCCCC(C)OCc1cccc(NC)n1. The monoisotopic (exact) mass is 250 g/mol. The lowest BCUT2D eigenvalue weighted by atomic mass is 10.1. The molecule has 3 nitrogen and oxygen atoms in total. The maximum atomic E-state index is 5.82. The number of aromatic nitrogens is 1. The Morgan fingerprint density at radius 3 is 2.83 bits per heavy atom. The molecule has 1 unspecified atom stereocenters. The fourth-order valence-electron chi connectivity index (χ4n) is 1.87. The van der Waals surface area contributed by atoms with Crippen LogP contribution in [-0.4, -0.2) is 18.1 Å². The van der Waals surface area contributed by atoms with Gasteiger partial charge in [0.15, 0.2) is 0 Å². The van der Waals surface area contributed by atoms with Crippen LogP contribution in [0.3, 0.4) is 0 Å². The summed E-state index contributed by atoms with van der Waals surface area (Å²) in [6.07, 6.45) is 6.67. The Labute approximate surface area is 111 Å². The van der Waals surface area contributed by atoms with Crippen LogP contribution in [0.2, 0.25) is 0 Å². The van der Waals surface area contributed by atoms with Crippen LogP contribution in [0.4, 0.5) is 5.82 Å². The van der Waals surface area contributed by atoms with Gasteiger partial charge in [-0.05, 0) is 25.5 Å². The Kier molecular flexibility index (Phi) is 7.42. The second kappa shape index (κ2) is 8.92. The topological polar surface area (TPSA) is 34.1 Å². The van der Waals surface area contributed by atoms with Gasteiger partial charge in [0.1, 0.15) is 5.82 Å². The van der Waals surface area contributed by atoms with Crippen LogP contribution in [0, 0.1) is 0 Å². The molecule has 18 heavy (non-hydrogen) atoms. The van der Waals surface area contributed by atoms with Crippen LogP contribution in [0.5, 0.6) is 0 Å². The average molecular weight is 250 g/mol. The van der Waals surface area contributed by atoms with Gasteiger partial charge in [-0.2, -0.15) is 0 Å². The first-order valence-corrected chi connectivity index (χ1v) is 7.01. The molecular weight excluding hydrogens is 224 g/mol. The molecule has 3 heteroatoms. The average Bonchev–Trinajstić information content (AvgIpc) is 2.41. The van der Waals surface area contributed by atoms with Crippen LogP contribution in [0.15, 0.2) is 18.2 Å². The van der Waals surface area contributed by atoms with Crippen molar-refractivity contribution in [3.8, 4) is 0 Å². The number of nitrogens with one attached hydrogen (secondary N) is 1. The van der Waals surface area contributed by atoms with Crippen molar-refractivity contribution in [1.29, 1.82) is 0 Å². The van der Waals surface area contributed by atoms with E-state index in [0.29, 0.717) is 12.7 Å². The quantitative estimate of drug-likeness (QED) is 0.673. The van der Waals surface area contributed by atoms with Gasteiger partial charge in [0.2, 0.25) is 0 Å². The molecule has 1 N–H and O–H groups in total. The van der Waals surface area contributed by atoms with E-state index in [1.807, 2.05) is 25.2 Å². The minimum absolute atomic E-state index is 0.321. The van der Waals surface area contributed by atoms with Crippen LogP contribution >= 0.6 is 0 Å². The zero-order valence-corrected chi connectivity index (χ0v) is 11.9. The molecule has 1 heterocycles. The number of unbranched alkanes of at least 4 members (excludes halogenated alkanes) is 3. The smallest absolute Gasteiger partial charge is 0.126 e. The molecule has 0 aliphatic heterocycles. The molecule has 0 saturated carbocycles. The first-order chi connectivity index (χ1) is 8.76. The highest BCUT2D eigenvalue weighted by Crippen LogP contribution is 2.11. The number of anilines is 1. The summed E-state index contributed by atoms with van der Waals surface area (Å²) in [6.45, 7) is 4.98. The molecule has 1 rings (SSSR count). The molecule has 0 spiro atoms. The van der Waals surface area contributed by atoms with Crippen molar-refractivity contribution in [2.24, 2.45) is 0 Å². The normalized spacial score (nSPS) is 12.4. The molecule has 0 bridgehead atoms. The van der Waals surface area contributed by atoms with Crippen molar-refractivity contribution in [2.45, 2.75) is 58.7 Å². The molecule has 0 aromatic carbocycles. The van der Waals surface area contributed by atoms with E-state index in [1.54, 1.807) is 0 Å². The Hall–Kier alpha value is -1.09. The number of ether oxygens (including phenoxy) is 1. The summed E-state index contributed by atoms with van der Waals surface area (Å²) >= 11 is 0. The van der Waals surface area contributed by atoms with Crippen molar-refractivity contribution >= 4 is 5.82 Å². The first-order valence-electron chi connectivity index (χ1n) is 7.01. The standard InChI is InChI=1S/C15H26N2O/c1-4-5-6-7-9-13(2)18-12-14-10-8-11-15(16-3)17-14/h8,10-11,13H,4-7,9,12H2,1-3H3,(H,16,17). The van der Waals surface area contributed by atoms with Gasteiger partial charge in [0.05, 0.1) is 18.4 Å². The zero-order chi connectivity index (χ0) is 13.2. The van der Waals surface area contributed by atoms with Gasteiger partial charge in [-0.15, -0.1) is 0 Å². The van der Waals surface area contributed by atoms with E-state index >= 15 is 0 Å². The van der Waals surface area contributed by atoms with Crippen LogP contribution in [0.1, 0.15) is 51.6 Å². The minimum Gasteiger partial charge on any atom is -0.373 e. The van der Waals surface area contributed by atoms with Gasteiger partial charge in [-0.3, -0.25) is 0 Å². The van der Waals surface area contributed by atoms with E-state index < -0.39 is 0 Å². The van der Waals surface area contributed by atoms with Crippen LogP contribution < -0.4 is 5.32 Å². The van der Waals surface area contributed by atoms with E-state index in [0.717, 1.165) is 17.9 Å². The number of hydrogen-bond acceptors (Lipinski definition) is 3. The van der Waals surface area contributed by atoms with Crippen molar-refractivity contribution < 1.29 is 4.74 Å². The predicted octanol–water partition coefficient (Wildman–Crippen LogP) is 4.00. The van der Waals surface area contributed by atoms with Gasteiger partial charge in [-0.25, -0.2) is 4.98 Å². The highest BCUT2D eigenvalue weighted by Gasteiger charge is 2.03. The van der Waals surface area contributed by atoms with E-state index in [9.17, 15) is 0 Å². The van der Waals surface area contributed by atoms with Gasteiger partial charge in [0, 0.05) is 7.05 Å². The molecule has 0 fully saturated rings. The highest BCUT2D eigenvalue weighted by molar-refractivity contribution is 5.33. The van der Waals surface area contributed by atoms with E-state index in [2.05, 4.69) is 24.1 Å². The molecule has 0 aliphatic rings. The third-order valence-corrected chi connectivity index (χ3v) is 3.04. The lowest BCUT2D eigenvalue weighted by Crippen LogP contribution is -2.09. The van der Waals surface area contributed by atoms with E-state index in [1.165, 1.54) is 25.7 Å². The summed E-state index contributed by atoms with van der Waals surface area (Å²) in [6, 6.07) is 5.96. The number of pyridine rings is 1. The Bertz CT molecular complexity index is 328. The summed E-state index contributed by atoms with van der Waals surface area (Å²) in [5.41, 5.74) is 0.988. The first kappa shape index (κ1) is 15.0. The summed E-state index contributed by atoms with van der Waals surface area (Å²) in [5.74, 6) is 0.895. The summed E-state index contributed by atoms with van der Waals surface area (Å²) in [7, 11) is 1.88. The Morgan fingerprint density at radius 1 is 1.28 bits per heavy atom. The third kappa shape index (κ3) is 6.01. The second-order valence-corrected chi connectivity index (χ2v) is 4.74. The molecule has 1 aromatic heterocycles. The lowest BCUT2D eigenvalue weighted by Gasteiger charge is -2.13. The minimum atomic E-state index is 0.321. The zero-order valence-electron chi connectivity index (χ0n) is 11.9. The summed E-state index contributed by atoms with van der Waals surface area (Å²) in [4.78, 5) is 4.44. The largest absolute Gasteiger partial charge is 0.373 e. The fourth-order valence-corrected chi connectivity index (χ4v) is 1.87. The molecule has 0 aliphatic carbocycles. The maximum Gasteiger partial charge on any atom is 0.126 e. The second-order valence-electron chi connectivity index (χ2n) is 4.74. The summed E-state index contributed by atoms with van der Waals surface area (Å²) in [5, 5.41) is 3.04. The van der Waals surface area contributed by atoms with Gasteiger partial charge >= 0.3 is 0 Å². The van der Waals surface area contributed by atoms with Gasteiger partial charge in [-0.1, -0.05) is 38.7 Å². The van der Waals surface area contributed by atoms with Crippen molar-refractivity contribution in [1.82, 2.24) is 4.98 Å². The lowest BCUT2D eigenvalue weighted by molar-refractivity contribution is 0.0440. The highest BCUT2D eigenvalue weighted by atomic mass is 16.5. The van der Waals surface area contributed by atoms with E-state index in [-0.39, 0.29) is 0 Å². The molecule has 1 aromatic rings. The van der Waals surface area contributed by atoms with Gasteiger partial charge in [0.25, 0.3) is 0 Å². The predicted molar refractivity (Wildman–Crippen MR) is 76.8 cm³/mol. The molecule has 102 valence electrons. The molecule has 0 radical (unpaired) electrons. The van der Waals surface area contributed by atoms with Crippen LogP contribution in [-0.2, 0) is 11.3 Å². The summed E-state index contributed by atoms with van der Waals surface area (Å²) < 4.78 is 5.82. The Morgan fingerprint density at radius 2 is 2.11 bits per heavy atom. The fraction of sp³-hybridized carbons (Fsp3) is 0.667. The number of rotatable bonds is 9. The van der Waals surface area contributed by atoms with E-state index in [4.69, 9.17) is 4.74 Å².